The number of hydrogen-bond donors (Lipinski definition) is 1. The smallest absolute Gasteiger partial charge is 0.266 e. The summed E-state index contributed by atoms with van der Waals surface area (Å²) in [6, 6.07) is 7.40. The Morgan fingerprint density at radius 2 is 2.16 bits per heavy atom. The monoisotopic (exact) mass is 379 g/mol. The molecule has 0 saturated carbocycles. The van der Waals surface area contributed by atoms with E-state index in [0.717, 1.165) is 29.4 Å². The molecule has 3 rings (SSSR count). The van der Waals surface area contributed by atoms with Crippen LogP contribution in [0.15, 0.2) is 24.3 Å². The highest BCUT2D eigenvalue weighted by atomic mass is 35.5. The molecule has 1 aromatic heterocycles. The number of carbonyl (C=O) groups excluding carboxylic acids is 1. The van der Waals surface area contributed by atoms with Gasteiger partial charge in [0.1, 0.15) is 22.2 Å². The van der Waals surface area contributed by atoms with E-state index in [1.54, 1.807) is 12.1 Å². The van der Waals surface area contributed by atoms with E-state index in [1.807, 2.05) is 24.0 Å². The third-order valence-electron chi connectivity index (χ3n) is 4.47. The normalized spacial score (nSPS) is 20.1. The van der Waals surface area contributed by atoms with Crippen molar-refractivity contribution in [2.45, 2.75) is 32.9 Å². The number of carbonyl (C=O) groups is 1. The van der Waals surface area contributed by atoms with Crippen LogP contribution in [-0.2, 0) is 6.61 Å². The van der Waals surface area contributed by atoms with E-state index in [-0.39, 0.29) is 11.9 Å². The van der Waals surface area contributed by atoms with Crippen molar-refractivity contribution >= 4 is 28.8 Å². The average Bonchev–Trinajstić information content (AvgIpc) is 3.16. The summed E-state index contributed by atoms with van der Waals surface area (Å²) in [7, 11) is 0. The van der Waals surface area contributed by atoms with E-state index in [1.165, 1.54) is 11.3 Å². The van der Waals surface area contributed by atoms with E-state index in [4.69, 9.17) is 22.1 Å². The first kappa shape index (κ1) is 18.2. The van der Waals surface area contributed by atoms with Gasteiger partial charge in [-0.1, -0.05) is 11.6 Å². The summed E-state index contributed by atoms with van der Waals surface area (Å²) in [6.45, 7) is 5.63. The molecule has 1 fully saturated rings. The van der Waals surface area contributed by atoms with E-state index < -0.39 is 0 Å². The van der Waals surface area contributed by atoms with Crippen molar-refractivity contribution in [2.24, 2.45) is 11.7 Å². The number of thiazole rings is 1. The van der Waals surface area contributed by atoms with E-state index in [2.05, 4.69) is 11.9 Å². The second-order valence-corrected chi connectivity index (χ2v) is 7.93. The van der Waals surface area contributed by atoms with Gasteiger partial charge in [-0.25, -0.2) is 4.98 Å². The fourth-order valence-electron chi connectivity index (χ4n) is 3.11. The van der Waals surface area contributed by atoms with Crippen LogP contribution in [0.3, 0.4) is 0 Å². The van der Waals surface area contributed by atoms with Crippen LogP contribution in [0.25, 0.3) is 0 Å². The second-order valence-electron chi connectivity index (χ2n) is 6.41. The van der Waals surface area contributed by atoms with Crippen LogP contribution in [0.4, 0.5) is 0 Å². The lowest BCUT2D eigenvalue weighted by Crippen LogP contribution is -2.34. The van der Waals surface area contributed by atoms with Crippen molar-refractivity contribution in [1.82, 2.24) is 9.88 Å². The Morgan fingerprint density at radius 1 is 1.44 bits per heavy atom. The number of hydrogen-bond acceptors (Lipinski definition) is 5. The molecule has 2 unspecified atom stereocenters. The van der Waals surface area contributed by atoms with Crippen molar-refractivity contribution < 1.29 is 9.53 Å². The molecule has 0 aliphatic carbocycles. The number of nitrogens with two attached hydrogens (primary N) is 1. The van der Waals surface area contributed by atoms with Crippen molar-refractivity contribution in [2.75, 3.05) is 13.1 Å². The number of amides is 1. The second kappa shape index (κ2) is 7.72. The predicted octanol–water partition coefficient (Wildman–Crippen LogP) is 3.49. The maximum absolute atomic E-state index is 12.9. The summed E-state index contributed by atoms with van der Waals surface area (Å²) in [6.07, 6.45) is 0.965. The van der Waals surface area contributed by atoms with Gasteiger partial charge in [0.15, 0.2) is 0 Å². The number of benzene rings is 1. The fraction of sp³-hybridized carbons (Fsp3) is 0.444. The summed E-state index contributed by atoms with van der Waals surface area (Å²) in [5, 5.41) is 1.46. The van der Waals surface area contributed by atoms with Crippen LogP contribution in [0.1, 0.15) is 33.7 Å². The van der Waals surface area contributed by atoms with Gasteiger partial charge in [0.2, 0.25) is 0 Å². The van der Waals surface area contributed by atoms with Crippen LogP contribution < -0.4 is 10.5 Å². The molecule has 0 spiro atoms. The molecule has 2 atom stereocenters. The molecule has 2 N–H and O–H groups in total. The third-order valence-corrected chi connectivity index (χ3v) is 5.84. The first-order chi connectivity index (χ1) is 12.0. The lowest BCUT2D eigenvalue weighted by atomic mass is 10.1. The first-order valence-corrected chi connectivity index (χ1v) is 9.53. The number of aromatic nitrogens is 1. The van der Waals surface area contributed by atoms with Crippen LogP contribution in [0, 0.1) is 12.8 Å². The maximum Gasteiger partial charge on any atom is 0.266 e. The topological polar surface area (TPSA) is 68.5 Å². The molecule has 5 nitrogen and oxygen atoms in total. The highest BCUT2D eigenvalue weighted by molar-refractivity contribution is 7.13. The molecule has 2 aromatic rings. The molecule has 0 bridgehead atoms. The maximum atomic E-state index is 12.9. The van der Waals surface area contributed by atoms with Gasteiger partial charge in [0, 0.05) is 17.6 Å². The van der Waals surface area contributed by atoms with Gasteiger partial charge in [0.25, 0.3) is 5.91 Å². The Morgan fingerprint density at radius 3 is 2.80 bits per heavy atom. The predicted molar refractivity (Wildman–Crippen MR) is 100 cm³/mol. The van der Waals surface area contributed by atoms with Gasteiger partial charge in [-0.15, -0.1) is 11.3 Å². The van der Waals surface area contributed by atoms with Gasteiger partial charge < -0.3 is 15.4 Å². The zero-order chi connectivity index (χ0) is 18.0. The molecule has 25 heavy (non-hydrogen) atoms. The Balaban J connectivity index is 1.67. The number of rotatable bonds is 5. The van der Waals surface area contributed by atoms with Crippen molar-refractivity contribution in [1.29, 1.82) is 0 Å². The number of aryl methyl sites for hydroxylation is 1. The van der Waals surface area contributed by atoms with Crippen LogP contribution >= 0.6 is 22.9 Å². The minimum absolute atomic E-state index is 0.0520. The Kier molecular flexibility index (Phi) is 5.61. The molecule has 2 heterocycles. The minimum atomic E-state index is 0.0520. The number of nitrogens with zero attached hydrogens (tertiary/aromatic N) is 2. The number of halogens is 1. The molecule has 1 amide bonds. The summed E-state index contributed by atoms with van der Waals surface area (Å²) in [4.78, 5) is 20.0. The molecule has 1 aromatic carbocycles. The molecule has 134 valence electrons. The highest BCUT2D eigenvalue weighted by Gasteiger charge is 2.33. The van der Waals surface area contributed by atoms with Gasteiger partial charge in [-0.3, -0.25) is 4.79 Å². The van der Waals surface area contributed by atoms with Crippen LogP contribution in [-0.4, -0.2) is 34.9 Å². The Labute approximate surface area is 156 Å². The highest BCUT2D eigenvalue weighted by Crippen LogP contribution is 2.28. The molecule has 1 aliphatic heterocycles. The lowest BCUT2D eigenvalue weighted by molar-refractivity contribution is 0.0747. The van der Waals surface area contributed by atoms with E-state index in [9.17, 15) is 4.79 Å². The van der Waals surface area contributed by atoms with E-state index >= 15 is 0 Å². The number of ether oxygens (including phenoxy) is 1. The summed E-state index contributed by atoms with van der Waals surface area (Å²) in [5.74, 6) is 1.17. The summed E-state index contributed by atoms with van der Waals surface area (Å²) >= 11 is 7.27. The van der Waals surface area contributed by atoms with Crippen molar-refractivity contribution in [3.05, 3.63) is 44.9 Å². The first-order valence-electron chi connectivity index (χ1n) is 8.33. The minimum Gasteiger partial charge on any atom is -0.486 e. The van der Waals surface area contributed by atoms with Crippen molar-refractivity contribution in [3.8, 4) is 5.75 Å². The zero-order valence-electron chi connectivity index (χ0n) is 14.4. The fourth-order valence-corrected chi connectivity index (χ4v) is 4.17. The average molecular weight is 380 g/mol. The quantitative estimate of drug-likeness (QED) is 0.863. The van der Waals surface area contributed by atoms with E-state index in [0.29, 0.717) is 29.0 Å². The van der Waals surface area contributed by atoms with Gasteiger partial charge in [0.05, 0.1) is 5.69 Å². The molecule has 7 heteroatoms. The van der Waals surface area contributed by atoms with Crippen molar-refractivity contribution in [3.63, 3.8) is 0 Å². The third kappa shape index (κ3) is 4.14. The molecular formula is C18H22ClN3O2S. The Bertz CT molecular complexity index is 747. The Hall–Kier alpha value is -1.63. The van der Waals surface area contributed by atoms with Crippen LogP contribution in [0.2, 0.25) is 5.02 Å². The summed E-state index contributed by atoms with van der Waals surface area (Å²) in [5.41, 5.74) is 6.52. The van der Waals surface area contributed by atoms with Gasteiger partial charge in [-0.05, 0) is 57.0 Å². The zero-order valence-corrected chi connectivity index (χ0v) is 15.9. The largest absolute Gasteiger partial charge is 0.486 e. The molecule has 1 aliphatic rings. The molecule has 1 saturated heterocycles. The van der Waals surface area contributed by atoms with Crippen LogP contribution in [0.5, 0.6) is 5.75 Å². The standard InChI is InChI=1S/C18H22ClN3O2S/c1-11-7-13(8-20)9-22(11)18(23)17-12(2)21-16(25-17)10-24-15-5-3-14(19)4-6-15/h3-6,11,13H,7-10,20H2,1-2H3. The summed E-state index contributed by atoms with van der Waals surface area (Å²) < 4.78 is 5.72. The lowest BCUT2D eigenvalue weighted by Gasteiger charge is -2.20. The SMILES string of the molecule is Cc1nc(COc2ccc(Cl)cc2)sc1C(=O)N1CC(CN)CC1C. The molecular weight excluding hydrogens is 358 g/mol. The van der Waals surface area contributed by atoms with Gasteiger partial charge in [-0.2, -0.15) is 0 Å². The molecule has 0 radical (unpaired) electrons. The van der Waals surface area contributed by atoms with Gasteiger partial charge >= 0.3 is 0 Å². The number of likely N-dealkylation sites (tertiary alicyclic amines) is 1.